The second kappa shape index (κ2) is 12.3. The number of anilines is 4. The van der Waals surface area contributed by atoms with Gasteiger partial charge >= 0.3 is 0 Å². The van der Waals surface area contributed by atoms with Crippen LogP contribution >= 0.6 is 11.3 Å². The molecule has 7 nitrogen and oxygen atoms in total. The number of thiophene rings is 1. The van der Waals surface area contributed by atoms with Crippen LogP contribution in [0.25, 0.3) is 21.3 Å². The van der Waals surface area contributed by atoms with Gasteiger partial charge in [-0.15, -0.1) is 11.3 Å². The first kappa shape index (κ1) is 27.9. The molecule has 0 atom stereocenters. The summed E-state index contributed by atoms with van der Waals surface area (Å²) in [5.74, 6) is 1.98. The van der Waals surface area contributed by atoms with Crippen molar-refractivity contribution in [2.24, 2.45) is 0 Å². The molecule has 0 radical (unpaired) electrons. The fraction of sp³-hybridized carbons (Fsp3) is 0.114. The van der Waals surface area contributed by atoms with Gasteiger partial charge in [0.05, 0.1) is 12.6 Å². The summed E-state index contributed by atoms with van der Waals surface area (Å²) in [5.41, 5.74) is 6.35. The number of rotatable bonds is 9. The van der Waals surface area contributed by atoms with Crippen LogP contribution in [0.2, 0.25) is 0 Å². The highest BCUT2D eigenvalue weighted by Crippen LogP contribution is 2.31. The summed E-state index contributed by atoms with van der Waals surface area (Å²) in [5, 5.41) is 9.45. The molecule has 1 amide bonds. The first-order chi connectivity index (χ1) is 21.0. The lowest BCUT2D eigenvalue weighted by Gasteiger charge is -2.21. The minimum Gasteiger partial charge on any atom is -0.497 e. The van der Waals surface area contributed by atoms with Crippen LogP contribution in [0.15, 0.2) is 109 Å². The summed E-state index contributed by atoms with van der Waals surface area (Å²) in [4.78, 5) is 25.9. The molecule has 0 bridgehead atoms. The number of hydrogen-bond acceptors (Lipinski definition) is 7. The molecule has 6 aromatic rings. The van der Waals surface area contributed by atoms with E-state index >= 15 is 0 Å². The minimum atomic E-state index is -0.144. The Labute approximate surface area is 254 Å². The Morgan fingerprint density at radius 3 is 2.44 bits per heavy atom. The zero-order valence-corrected chi connectivity index (χ0v) is 25.0. The van der Waals surface area contributed by atoms with Crippen molar-refractivity contribution in [2.45, 2.75) is 13.5 Å². The highest BCUT2D eigenvalue weighted by molar-refractivity contribution is 7.13. The van der Waals surface area contributed by atoms with Crippen LogP contribution in [0.4, 0.5) is 23.1 Å². The summed E-state index contributed by atoms with van der Waals surface area (Å²) in [6.45, 7) is 2.51. The molecule has 2 heterocycles. The lowest BCUT2D eigenvalue weighted by molar-refractivity contribution is 0.102. The molecule has 0 saturated carbocycles. The zero-order chi connectivity index (χ0) is 29.8. The highest BCUT2D eigenvalue weighted by Gasteiger charge is 2.14. The van der Waals surface area contributed by atoms with E-state index in [9.17, 15) is 4.79 Å². The summed E-state index contributed by atoms with van der Waals surface area (Å²) < 4.78 is 5.31. The standard InChI is InChI=1S/C35H31N5O2S/c1-23-10-13-26(32-9-6-20-43-32)21-31(23)37-34(41)25-14-11-24(12-15-25)22-36-35-38-30-8-5-4-7-29(30)33(39-35)40(2)27-16-18-28(42-3)19-17-27/h4-21H,22H2,1-3H3,(H,37,41)(H,36,38,39). The third kappa shape index (κ3) is 6.19. The molecule has 0 aliphatic rings. The monoisotopic (exact) mass is 585 g/mol. The Morgan fingerprint density at radius 2 is 1.70 bits per heavy atom. The first-order valence-electron chi connectivity index (χ1n) is 13.9. The molecule has 8 heteroatoms. The average molecular weight is 586 g/mol. The molecule has 6 rings (SSSR count). The number of methoxy groups -OCH3 is 1. The molecule has 2 aromatic heterocycles. The number of aryl methyl sites for hydroxylation is 1. The number of fused-ring (bicyclic) bond motifs is 1. The molecular formula is C35H31N5O2S. The topological polar surface area (TPSA) is 79.4 Å². The number of nitrogens with zero attached hydrogens (tertiary/aromatic N) is 3. The van der Waals surface area contributed by atoms with E-state index in [1.54, 1.807) is 18.4 Å². The van der Waals surface area contributed by atoms with Gasteiger partial charge in [-0.2, -0.15) is 4.98 Å². The summed E-state index contributed by atoms with van der Waals surface area (Å²) >= 11 is 1.68. The van der Waals surface area contributed by atoms with Crippen LogP contribution in [0.5, 0.6) is 5.75 Å². The Bertz CT molecular complexity index is 1870. The number of aromatic nitrogens is 2. The Morgan fingerprint density at radius 1 is 0.907 bits per heavy atom. The van der Waals surface area contributed by atoms with Crippen molar-refractivity contribution >= 4 is 51.3 Å². The van der Waals surface area contributed by atoms with E-state index in [4.69, 9.17) is 14.7 Å². The van der Waals surface area contributed by atoms with Gasteiger partial charge in [-0.3, -0.25) is 4.79 Å². The van der Waals surface area contributed by atoms with Gasteiger partial charge in [0.1, 0.15) is 11.6 Å². The Hall–Kier alpha value is -5.21. The van der Waals surface area contributed by atoms with Crippen LogP contribution in [0, 0.1) is 6.92 Å². The van der Waals surface area contributed by atoms with Gasteiger partial charge in [-0.25, -0.2) is 4.98 Å². The molecule has 214 valence electrons. The van der Waals surface area contributed by atoms with E-state index in [2.05, 4.69) is 28.1 Å². The average Bonchev–Trinajstić information content (AvgIpc) is 3.60. The zero-order valence-electron chi connectivity index (χ0n) is 24.2. The van der Waals surface area contributed by atoms with Gasteiger partial charge in [0.2, 0.25) is 5.95 Å². The van der Waals surface area contributed by atoms with Crippen LogP contribution < -0.4 is 20.3 Å². The SMILES string of the molecule is COc1ccc(N(C)c2nc(NCc3ccc(C(=O)Nc4cc(-c5cccs5)ccc4C)cc3)nc3ccccc23)cc1. The van der Waals surface area contributed by atoms with Crippen molar-refractivity contribution in [1.82, 2.24) is 9.97 Å². The number of benzene rings is 4. The van der Waals surface area contributed by atoms with Gasteiger partial charge in [0.25, 0.3) is 5.91 Å². The Balaban J connectivity index is 1.16. The second-order valence-corrected chi connectivity index (χ2v) is 11.1. The van der Waals surface area contributed by atoms with Crippen molar-refractivity contribution in [3.8, 4) is 16.2 Å². The number of para-hydroxylation sites is 1. The van der Waals surface area contributed by atoms with Crippen molar-refractivity contribution in [3.05, 3.63) is 125 Å². The maximum absolute atomic E-state index is 13.1. The van der Waals surface area contributed by atoms with E-state index in [1.807, 2.05) is 110 Å². The molecule has 4 aromatic carbocycles. The summed E-state index contributed by atoms with van der Waals surface area (Å²) in [7, 11) is 3.65. The van der Waals surface area contributed by atoms with Crippen molar-refractivity contribution in [3.63, 3.8) is 0 Å². The fourth-order valence-electron chi connectivity index (χ4n) is 4.83. The lowest BCUT2D eigenvalue weighted by Crippen LogP contribution is -2.14. The quantitative estimate of drug-likeness (QED) is 0.178. The maximum Gasteiger partial charge on any atom is 0.255 e. The third-order valence-corrected chi connectivity index (χ3v) is 8.24. The van der Waals surface area contributed by atoms with Crippen molar-refractivity contribution in [2.75, 3.05) is 29.7 Å². The first-order valence-corrected chi connectivity index (χ1v) is 14.8. The molecular weight excluding hydrogens is 554 g/mol. The number of amides is 1. The number of nitrogens with one attached hydrogen (secondary N) is 2. The summed E-state index contributed by atoms with van der Waals surface area (Å²) in [6.07, 6.45) is 0. The van der Waals surface area contributed by atoms with Crippen molar-refractivity contribution < 1.29 is 9.53 Å². The molecule has 43 heavy (non-hydrogen) atoms. The van der Waals surface area contributed by atoms with Gasteiger partial charge in [-0.1, -0.05) is 42.5 Å². The van der Waals surface area contributed by atoms with Gasteiger partial charge in [0, 0.05) is 40.8 Å². The molecule has 0 aliphatic heterocycles. The van der Waals surface area contributed by atoms with Crippen LogP contribution in [-0.4, -0.2) is 30.0 Å². The number of carbonyl (C=O) groups is 1. The third-order valence-electron chi connectivity index (χ3n) is 7.32. The van der Waals surface area contributed by atoms with Gasteiger partial charge in [0.15, 0.2) is 0 Å². The highest BCUT2D eigenvalue weighted by atomic mass is 32.1. The van der Waals surface area contributed by atoms with Crippen LogP contribution in [0.3, 0.4) is 0 Å². The lowest BCUT2D eigenvalue weighted by atomic mass is 10.1. The van der Waals surface area contributed by atoms with Gasteiger partial charge < -0.3 is 20.3 Å². The number of carbonyl (C=O) groups excluding carboxylic acids is 1. The predicted molar refractivity (Wildman–Crippen MR) is 177 cm³/mol. The molecule has 0 saturated heterocycles. The van der Waals surface area contributed by atoms with E-state index in [0.29, 0.717) is 18.1 Å². The molecule has 0 fully saturated rings. The second-order valence-electron chi connectivity index (χ2n) is 10.2. The van der Waals surface area contributed by atoms with Crippen molar-refractivity contribution in [1.29, 1.82) is 0 Å². The molecule has 0 aliphatic carbocycles. The minimum absolute atomic E-state index is 0.144. The number of ether oxygens (including phenoxy) is 1. The predicted octanol–water partition coefficient (Wildman–Crippen LogP) is 8.31. The van der Waals surface area contributed by atoms with E-state index in [1.165, 1.54) is 4.88 Å². The van der Waals surface area contributed by atoms with E-state index in [0.717, 1.165) is 50.5 Å². The number of hydrogen-bond donors (Lipinski definition) is 2. The maximum atomic E-state index is 13.1. The fourth-order valence-corrected chi connectivity index (χ4v) is 5.55. The largest absolute Gasteiger partial charge is 0.497 e. The normalized spacial score (nSPS) is 10.9. The molecule has 0 spiro atoms. The van der Waals surface area contributed by atoms with E-state index < -0.39 is 0 Å². The summed E-state index contributed by atoms with van der Waals surface area (Å²) in [6, 6.07) is 33.7. The molecule has 0 unspecified atom stereocenters. The van der Waals surface area contributed by atoms with Gasteiger partial charge in [-0.05, 0) is 89.7 Å². The smallest absolute Gasteiger partial charge is 0.255 e. The van der Waals surface area contributed by atoms with E-state index in [-0.39, 0.29) is 5.91 Å². The Kier molecular flexibility index (Phi) is 8.02. The van der Waals surface area contributed by atoms with Crippen LogP contribution in [0.1, 0.15) is 21.5 Å². The molecule has 2 N–H and O–H groups in total. The van der Waals surface area contributed by atoms with Crippen LogP contribution in [-0.2, 0) is 6.54 Å².